The van der Waals surface area contributed by atoms with Crippen molar-refractivity contribution in [1.82, 2.24) is 4.98 Å². The van der Waals surface area contributed by atoms with Crippen LogP contribution in [-0.2, 0) is 0 Å². The molecular weight excluding hydrogens is 363 g/mol. The van der Waals surface area contributed by atoms with Gasteiger partial charge in [-0.25, -0.2) is 0 Å². The maximum atomic E-state index is 12.4. The predicted octanol–water partition coefficient (Wildman–Crippen LogP) is 4.09. The number of fused-ring (bicyclic) bond motifs is 1. The number of rotatable bonds is 2. The van der Waals surface area contributed by atoms with E-state index in [1.807, 2.05) is 54.6 Å². The van der Waals surface area contributed by atoms with Gasteiger partial charge in [0.1, 0.15) is 0 Å². The number of halogens is 1. The summed E-state index contributed by atoms with van der Waals surface area (Å²) in [4.78, 5) is 16.7. The van der Waals surface area contributed by atoms with E-state index in [-0.39, 0.29) is 5.91 Å². The molecular formula is C16H11IN2O. The van der Waals surface area contributed by atoms with Crippen LogP contribution in [0.15, 0.2) is 60.8 Å². The Bertz CT molecular complexity index is 781. The summed E-state index contributed by atoms with van der Waals surface area (Å²) in [7, 11) is 0. The van der Waals surface area contributed by atoms with E-state index in [2.05, 4.69) is 32.9 Å². The number of aromatic nitrogens is 1. The van der Waals surface area contributed by atoms with Gasteiger partial charge in [-0.05, 0) is 59.0 Å². The van der Waals surface area contributed by atoms with Gasteiger partial charge in [-0.3, -0.25) is 9.78 Å². The molecule has 0 aliphatic heterocycles. The van der Waals surface area contributed by atoms with Crippen LogP contribution in [-0.4, -0.2) is 10.9 Å². The molecule has 0 bridgehead atoms. The first-order chi connectivity index (χ1) is 9.74. The summed E-state index contributed by atoms with van der Waals surface area (Å²) in [5, 5.41) is 3.78. The smallest absolute Gasteiger partial charge is 0.256 e. The van der Waals surface area contributed by atoms with E-state index in [4.69, 9.17) is 0 Å². The van der Waals surface area contributed by atoms with Crippen molar-refractivity contribution < 1.29 is 4.79 Å². The lowest BCUT2D eigenvalue weighted by molar-refractivity contribution is 0.102. The largest absolute Gasteiger partial charge is 0.322 e. The number of pyridine rings is 1. The molecule has 0 saturated carbocycles. The Balaban J connectivity index is 1.97. The van der Waals surface area contributed by atoms with Gasteiger partial charge < -0.3 is 5.32 Å². The van der Waals surface area contributed by atoms with Crippen molar-refractivity contribution in [2.75, 3.05) is 5.32 Å². The Morgan fingerprint density at radius 2 is 1.90 bits per heavy atom. The summed E-state index contributed by atoms with van der Waals surface area (Å²) in [6.07, 6.45) is 1.73. The van der Waals surface area contributed by atoms with E-state index in [1.54, 1.807) is 6.20 Å². The average Bonchev–Trinajstić information content (AvgIpc) is 2.46. The second-order valence-electron chi connectivity index (χ2n) is 4.34. The quantitative estimate of drug-likeness (QED) is 0.687. The van der Waals surface area contributed by atoms with E-state index >= 15 is 0 Å². The minimum absolute atomic E-state index is 0.120. The maximum absolute atomic E-state index is 12.4. The first-order valence-corrected chi connectivity index (χ1v) is 7.22. The summed E-state index contributed by atoms with van der Waals surface area (Å²) >= 11 is 2.22. The molecule has 3 aromatic rings. The van der Waals surface area contributed by atoms with Gasteiger partial charge in [0.15, 0.2) is 0 Å². The number of benzene rings is 2. The second-order valence-corrected chi connectivity index (χ2v) is 5.59. The number of hydrogen-bond donors (Lipinski definition) is 1. The fourth-order valence-electron chi connectivity index (χ4n) is 2.07. The highest BCUT2D eigenvalue weighted by Crippen LogP contribution is 2.19. The van der Waals surface area contributed by atoms with Crippen LogP contribution in [0.4, 0.5) is 5.69 Å². The van der Waals surface area contributed by atoms with E-state index in [9.17, 15) is 4.79 Å². The molecule has 1 heterocycles. The molecule has 0 radical (unpaired) electrons. The minimum atomic E-state index is -0.120. The number of carbonyl (C=O) groups excluding carboxylic acids is 1. The van der Waals surface area contributed by atoms with Crippen molar-refractivity contribution in [3.05, 3.63) is 69.9 Å². The van der Waals surface area contributed by atoms with Crippen LogP contribution in [0, 0.1) is 3.57 Å². The molecule has 0 aliphatic rings. The number of amides is 1. The van der Waals surface area contributed by atoms with Gasteiger partial charge in [0.25, 0.3) is 5.91 Å². The van der Waals surface area contributed by atoms with Crippen molar-refractivity contribution in [3.8, 4) is 0 Å². The van der Waals surface area contributed by atoms with Gasteiger partial charge in [-0.1, -0.05) is 18.2 Å². The number of carbonyl (C=O) groups is 1. The third-order valence-corrected chi connectivity index (χ3v) is 3.64. The van der Waals surface area contributed by atoms with E-state index < -0.39 is 0 Å². The molecule has 98 valence electrons. The minimum Gasteiger partial charge on any atom is -0.322 e. The molecule has 1 N–H and O–H groups in total. The van der Waals surface area contributed by atoms with Crippen molar-refractivity contribution in [3.63, 3.8) is 0 Å². The van der Waals surface area contributed by atoms with Crippen molar-refractivity contribution in [2.45, 2.75) is 0 Å². The highest BCUT2D eigenvalue weighted by Gasteiger charge is 2.10. The molecule has 0 fully saturated rings. The van der Waals surface area contributed by atoms with Crippen molar-refractivity contribution in [2.24, 2.45) is 0 Å². The van der Waals surface area contributed by atoms with Crippen molar-refractivity contribution in [1.29, 1.82) is 0 Å². The first-order valence-electron chi connectivity index (χ1n) is 6.15. The monoisotopic (exact) mass is 374 g/mol. The fraction of sp³-hybridized carbons (Fsp3) is 0. The standard InChI is InChI=1S/C16H11IN2O/c17-11-4-1-5-12(10-11)19-16(20)14-6-2-8-15-13(14)7-3-9-18-15/h1-10H,(H,19,20). The Morgan fingerprint density at radius 1 is 1.05 bits per heavy atom. The van der Waals surface area contributed by atoms with Gasteiger partial charge >= 0.3 is 0 Å². The first kappa shape index (κ1) is 13.1. The second kappa shape index (κ2) is 5.58. The number of nitrogens with zero attached hydrogens (tertiary/aromatic N) is 1. The van der Waals surface area contributed by atoms with Crippen LogP contribution in [0.1, 0.15) is 10.4 Å². The summed E-state index contributed by atoms with van der Waals surface area (Å²) in [5.74, 6) is -0.120. The number of nitrogens with one attached hydrogen (secondary N) is 1. The van der Waals surface area contributed by atoms with Gasteiger partial charge in [0, 0.05) is 26.4 Å². The van der Waals surface area contributed by atoms with E-state index in [0.29, 0.717) is 5.56 Å². The zero-order chi connectivity index (χ0) is 13.9. The van der Waals surface area contributed by atoms with Gasteiger partial charge in [0.05, 0.1) is 5.52 Å². The molecule has 3 rings (SSSR count). The Morgan fingerprint density at radius 3 is 2.75 bits per heavy atom. The van der Waals surface area contributed by atoms with E-state index in [1.165, 1.54) is 0 Å². The topological polar surface area (TPSA) is 42.0 Å². The Labute approximate surface area is 130 Å². The molecule has 0 atom stereocenters. The zero-order valence-electron chi connectivity index (χ0n) is 10.5. The number of hydrogen-bond acceptors (Lipinski definition) is 2. The molecule has 0 spiro atoms. The molecule has 3 nitrogen and oxygen atoms in total. The predicted molar refractivity (Wildman–Crippen MR) is 88.9 cm³/mol. The molecule has 4 heteroatoms. The summed E-state index contributed by atoms with van der Waals surface area (Å²) < 4.78 is 1.08. The lowest BCUT2D eigenvalue weighted by atomic mass is 10.1. The van der Waals surface area contributed by atoms with Crippen LogP contribution in [0.3, 0.4) is 0 Å². The zero-order valence-corrected chi connectivity index (χ0v) is 12.7. The highest BCUT2D eigenvalue weighted by atomic mass is 127. The summed E-state index contributed by atoms with van der Waals surface area (Å²) in [6.45, 7) is 0. The van der Waals surface area contributed by atoms with Gasteiger partial charge in [-0.15, -0.1) is 0 Å². The normalized spacial score (nSPS) is 10.4. The van der Waals surface area contributed by atoms with Crippen LogP contribution < -0.4 is 5.32 Å². The SMILES string of the molecule is O=C(Nc1cccc(I)c1)c1cccc2ncccc12. The van der Waals surface area contributed by atoms with Crippen LogP contribution in [0.2, 0.25) is 0 Å². The van der Waals surface area contributed by atoms with E-state index in [0.717, 1.165) is 20.2 Å². The van der Waals surface area contributed by atoms with Crippen LogP contribution >= 0.6 is 22.6 Å². The lowest BCUT2D eigenvalue weighted by Gasteiger charge is -2.08. The summed E-state index contributed by atoms with van der Waals surface area (Å²) in [5.41, 5.74) is 2.25. The third-order valence-electron chi connectivity index (χ3n) is 2.97. The van der Waals surface area contributed by atoms with Gasteiger partial charge in [-0.2, -0.15) is 0 Å². The molecule has 0 unspecified atom stereocenters. The molecule has 0 aliphatic carbocycles. The summed E-state index contributed by atoms with van der Waals surface area (Å²) in [6, 6.07) is 17.0. The Kier molecular flexibility index (Phi) is 3.64. The average molecular weight is 374 g/mol. The molecule has 1 aromatic heterocycles. The molecule has 0 saturated heterocycles. The van der Waals surface area contributed by atoms with Crippen molar-refractivity contribution >= 4 is 45.1 Å². The van der Waals surface area contributed by atoms with Gasteiger partial charge in [0.2, 0.25) is 0 Å². The lowest BCUT2D eigenvalue weighted by Crippen LogP contribution is -2.12. The molecule has 1 amide bonds. The molecule has 2 aromatic carbocycles. The van der Waals surface area contributed by atoms with Crippen LogP contribution in [0.25, 0.3) is 10.9 Å². The fourth-order valence-corrected chi connectivity index (χ4v) is 2.61. The Hall–Kier alpha value is -1.95. The molecule has 20 heavy (non-hydrogen) atoms. The highest BCUT2D eigenvalue weighted by molar-refractivity contribution is 14.1. The number of anilines is 1. The maximum Gasteiger partial charge on any atom is 0.256 e. The third kappa shape index (κ3) is 2.65. The van der Waals surface area contributed by atoms with Crippen LogP contribution in [0.5, 0.6) is 0 Å².